The minimum Gasteiger partial charge on any atom is -0.346 e. The summed E-state index contributed by atoms with van der Waals surface area (Å²) >= 11 is 1.42. The topological polar surface area (TPSA) is 70.1 Å². The van der Waals surface area contributed by atoms with Crippen LogP contribution in [-0.4, -0.2) is 29.3 Å². The maximum atomic E-state index is 12.2. The van der Waals surface area contributed by atoms with Crippen molar-refractivity contribution >= 4 is 33.3 Å². The minimum absolute atomic E-state index is 0.298. The van der Waals surface area contributed by atoms with Gasteiger partial charge in [-0.2, -0.15) is 0 Å². The molecule has 7 heteroatoms. The third kappa shape index (κ3) is 4.69. The molecule has 1 fully saturated rings. The monoisotopic (exact) mass is 359 g/mol. The molecule has 1 aromatic carbocycles. The van der Waals surface area contributed by atoms with Gasteiger partial charge in [-0.3, -0.25) is 5.32 Å². The second-order valence-electron chi connectivity index (χ2n) is 7.20. The normalized spacial score (nSPS) is 20.4. The Hall–Kier alpha value is -2.15. The van der Waals surface area contributed by atoms with E-state index in [0.717, 1.165) is 35.0 Å². The summed E-state index contributed by atoms with van der Waals surface area (Å²) < 4.78 is 0. The zero-order valence-corrected chi connectivity index (χ0v) is 16.0. The van der Waals surface area contributed by atoms with Gasteiger partial charge >= 0.3 is 6.03 Å². The predicted molar refractivity (Wildman–Crippen MR) is 104 cm³/mol. The second kappa shape index (κ2) is 7.39. The quantitative estimate of drug-likeness (QED) is 0.858. The number of urea groups is 1. The first kappa shape index (κ1) is 17.7. The Morgan fingerprint density at radius 3 is 2.36 bits per heavy atom. The first-order chi connectivity index (χ1) is 11.9. The molecule has 1 aliphatic heterocycles. The van der Waals surface area contributed by atoms with E-state index in [0.29, 0.717) is 17.0 Å². The predicted octanol–water partition coefficient (Wildman–Crippen LogP) is 4.28. The molecule has 0 bridgehead atoms. The number of carbonyl (C=O) groups is 1. The molecular weight excluding hydrogens is 334 g/mol. The fraction of sp³-hybridized carbons (Fsp3) is 0.500. The fourth-order valence-corrected chi connectivity index (χ4v) is 4.28. The summed E-state index contributed by atoms with van der Waals surface area (Å²) in [6.45, 7) is 10.5. The van der Waals surface area contributed by atoms with E-state index in [-0.39, 0.29) is 6.03 Å². The third-order valence-electron chi connectivity index (χ3n) is 4.25. The van der Waals surface area contributed by atoms with E-state index in [1.165, 1.54) is 17.8 Å². The van der Waals surface area contributed by atoms with Crippen LogP contribution in [0.15, 0.2) is 18.2 Å². The molecule has 2 aromatic rings. The smallest absolute Gasteiger partial charge is 0.325 e. The number of hydrogen-bond donors (Lipinski definition) is 2. The number of aryl methyl sites for hydroxylation is 2. The van der Waals surface area contributed by atoms with Crippen molar-refractivity contribution in [2.75, 3.05) is 28.6 Å². The van der Waals surface area contributed by atoms with Crippen LogP contribution in [0.4, 0.5) is 20.7 Å². The van der Waals surface area contributed by atoms with Crippen molar-refractivity contribution in [1.82, 2.24) is 10.2 Å². The van der Waals surface area contributed by atoms with Gasteiger partial charge in [-0.15, -0.1) is 10.2 Å². The summed E-state index contributed by atoms with van der Waals surface area (Å²) in [5.41, 5.74) is 3.00. The van der Waals surface area contributed by atoms with E-state index < -0.39 is 0 Å². The minimum atomic E-state index is -0.298. The molecule has 0 radical (unpaired) electrons. The van der Waals surface area contributed by atoms with Crippen LogP contribution in [0.3, 0.4) is 0 Å². The summed E-state index contributed by atoms with van der Waals surface area (Å²) in [5.74, 6) is 1.30. The highest BCUT2D eigenvalue weighted by Gasteiger charge is 2.24. The van der Waals surface area contributed by atoms with E-state index >= 15 is 0 Å². The lowest BCUT2D eigenvalue weighted by Gasteiger charge is -2.34. The molecule has 1 aromatic heterocycles. The molecule has 2 heterocycles. The summed E-state index contributed by atoms with van der Waals surface area (Å²) in [6, 6.07) is 5.65. The van der Waals surface area contributed by atoms with Crippen molar-refractivity contribution in [2.24, 2.45) is 11.8 Å². The molecule has 1 aliphatic rings. The van der Waals surface area contributed by atoms with Crippen molar-refractivity contribution in [1.29, 1.82) is 0 Å². The lowest BCUT2D eigenvalue weighted by Crippen LogP contribution is -2.38. The number of anilines is 3. The molecular formula is C18H25N5OS. The molecule has 2 N–H and O–H groups in total. The fourth-order valence-electron chi connectivity index (χ4n) is 3.52. The number of nitrogens with one attached hydrogen (secondary N) is 2. The van der Waals surface area contributed by atoms with Gasteiger partial charge in [-0.25, -0.2) is 4.79 Å². The number of benzene rings is 1. The Bertz CT molecular complexity index is 729. The van der Waals surface area contributed by atoms with Crippen molar-refractivity contribution in [3.63, 3.8) is 0 Å². The number of rotatable bonds is 3. The van der Waals surface area contributed by atoms with Crippen molar-refractivity contribution in [3.8, 4) is 0 Å². The van der Waals surface area contributed by atoms with Gasteiger partial charge in [-0.1, -0.05) is 31.3 Å². The van der Waals surface area contributed by atoms with Crippen LogP contribution in [0.1, 0.15) is 31.4 Å². The molecule has 2 unspecified atom stereocenters. The highest BCUT2D eigenvalue weighted by atomic mass is 32.1. The van der Waals surface area contributed by atoms with Crippen LogP contribution < -0.4 is 15.5 Å². The van der Waals surface area contributed by atoms with Crippen LogP contribution in [0.5, 0.6) is 0 Å². The van der Waals surface area contributed by atoms with Crippen molar-refractivity contribution < 1.29 is 4.79 Å². The number of amides is 2. The number of aromatic nitrogens is 2. The SMILES string of the molecule is Cc1cc(C)cc(NC(=O)Nc2nnc(N3CC(C)CC(C)C3)s2)c1. The molecule has 0 aliphatic carbocycles. The number of hydrogen-bond acceptors (Lipinski definition) is 5. The lowest BCUT2D eigenvalue weighted by molar-refractivity contribution is 0.262. The van der Waals surface area contributed by atoms with Gasteiger partial charge in [0.05, 0.1) is 0 Å². The number of carbonyl (C=O) groups excluding carboxylic acids is 1. The zero-order chi connectivity index (χ0) is 18.0. The molecule has 0 spiro atoms. The average molecular weight is 359 g/mol. The average Bonchev–Trinajstić information content (AvgIpc) is 2.93. The van der Waals surface area contributed by atoms with E-state index in [1.807, 2.05) is 26.0 Å². The number of nitrogens with zero attached hydrogens (tertiary/aromatic N) is 3. The van der Waals surface area contributed by atoms with Gasteiger partial charge in [0.1, 0.15) is 0 Å². The van der Waals surface area contributed by atoms with E-state index in [1.54, 1.807) is 0 Å². The van der Waals surface area contributed by atoms with Crippen LogP contribution in [-0.2, 0) is 0 Å². The second-order valence-corrected chi connectivity index (χ2v) is 8.15. The Balaban J connectivity index is 1.61. The van der Waals surface area contributed by atoms with E-state index in [4.69, 9.17) is 0 Å². The van der Waals surface area contributed by atoms with Crippen molar-refractivity contribution in [3.05, 3.63) is 29.3 Å². The third-order valence-corrected chi connectivity index (χ3v) is 5.15. The van der Waals surface area contributed by atoms with Crippen LogP contribution >= 0.6 is 11.3 Å². The van der Waals surface area contributed by atoms with Crippen molar-refractivity contribution in [2.45, 2.75) is 34.1 Å². The van der Waals surface area contributed by atoms with E-state index in [9.17, 15) is 4.79 Å². The summed E-state index contributed by atoms with van der Waals surface area (Å²) in [4.78, 5) is 14.5. The Kier molecular flexibility index (Phi) is 5.22. The summed E-state index contributed by atoms with van der Waals surface area (Å²) in [5, 5.41) is 15.4. The van der Waals surface area contributed by atoms with E-state index in [2.05, 4.69) is 45.6 Å². The Labute approximate surface area is 152 Å². The first-order valence-corrected chi connectivity index (χ1v) is 9.45. The van der Waals surface area contributed by atoms with Gasteiger partial charge < -0.3 is 10.2 Å². The summed E-state index contributed by atoms with van der Waals surface area (Å²) in [6.07, 6.45) is 1.25. The Morgan fingerprint density at radius 2 is 1.72 bits per heavy atom. The van der Waals surface area contributed by atoms with Crippen LogP contribution in [0.25, 0.3) is 0 Å². The van der Waals surface area contributed by atoms with Gasteiger partial charge in [0.2, 0.25) is 10.3 Å². The zero-order valence-electron chi connectivity index (χ0n) is 15.2. The molecule has 1 saturated heterocycles. The molecule has 3 rings (SSSR count). The standard InChI is InChI=1S/C18H25N5OS/c1-11-5-12(2)8-15(7-11)19-16(24)20-17-21-22-18(25-17)23-9-13(3)6-14(4)10-23/h5,7-8,13-14H,6,9-10H2,1-4H3,(H2,19,20,21,24). The Morgan fingerprint density at radius 1 is 1.08 bits per heavy atom. The lowest BCUT2D eigenvalue weighted by atomic mass is 9.92. The van der Waals surface area contributed by atoms with Gasteiger partial charge in [-0.05, 0) is 55.4 Å². The highest BCUT2D eigenvalue weighted by molar-refractivity contribution is 7.19. The molecule has 2 atom stereocenters. The van der Waals surface area contributed by atoms with Gasteiger partial charge in [0, 0.05) is 18.8 Å². The maximum Gasteiger partial charge on any atom is 0.325 e. The number of piperidine rings is 1. The first-order valence-electron chi connectivity index (χ1n) is 8.64. The molecule has 2 amide bonds. The highest BCUT2D eigenvalue weighted by Crippen LogP contribution is 2.30. The molecule has 25 heavy (non-hydrogen) atoms. The van der Waals surface area contributed by atoms with Crippen LogP contribution in [0, 0.1) is 25.7 Å². The molecule has 0 saturated carbocycles. The largest absolute Gasteiger partial charge is 0.346 e. The van der Waals surface area contributed by atoms with Crippen LogP contribution in [0.2, 0.25) is 0 Å². The molecule has 134 valence electrons. The summed E-state index contributed by atoms with van der Waals surface area (Å²) in [7, 11) is 0. The van der Waals surface area contributed by atoms with Gasteiger partial charge in [0.25, 0.3) is 0 Å². The molecule has 6 nitrogen and oxygen atoms in total. The maximum absolute atomic E-state index is 12.2. The van der Waals surface area contributed by atoms with Gasteiger partial charge in [0.15, 0.2) is 0 Å².